The van der Waals surface area contributed by atoms with Gasteiger partial charge < -0.3 is 10.0 Å². The lowest BCUT2D eigenvalue weighted by Crippen LogP contribution is -2.41. The van der Waals surface area contributed by atoms with Crippen LogP contribution in [0.25, 0.3) is 0 Å². The molecule has 0 aliphatic carbocycles. The molecule has 0 fully saturated rings. The predicted octanol–water partition coefficient (Wildman–Crippen LogP) is 8.26. The molecule has 33 heavy (non-hydrogen) atoms. The number of hydrogen-bond acceptors (Lipinski definition) is 2. The number of nitrogens with zero attached hydrogens (tertiary/aromatic N) is 1. The molecular formula is C29H55NO3. The third-order valence-electron chi connectivity index (χ3n) is 7.16. The molecule has 4 heteroatoms. The number of unbranched alkanes of at least 4 members (excludes halogenated alkanes) is 8. The van der Waals surface area contributed by atoms with Crippen molar-refractivity contribution in [3.8, 4) is 0 Å². The van der Waals surface area contributed by atoms with Crippen molar-refractivity contribution in [1.82, 2.24) is 4.90 Å². The van der Waals surface area contributed by atoms with Gasteiger partial charge in [-0.05, 0) is 31.1 Å². The molecule has 1 amide bonds. The van der Waals surface area contributed by atoms with Crippen LogP contribution in [0, 0.1) is 17.8 Å². The second-order valence-electron chi connectivity index (χ2n) is 9.84. The Balaban J connectivity index is 4.98. The van der Waals surface area contributed by atoms with Gasteiger partial charge in [-0.2, -0.15) is 0 Å². The monoisotopic (exact) mass is 465 g/mol. The molecule has 194 valence electrons. The largest absolute Gasteiger partial charge is 0.481 e. The first-order chi connectivity index (χ1) is 15.9. The summed E-state index contributed by atoms with van der Waals surface area (Å²) < 4.78 is 0. The first-order valence-corrected chi connectivity index (χ1v) is 14.1. The Bertz CT molecular complexity index is 495. The summed E-state index contributed by atoms with van der Waals surface area (Å²) in [6.07, 6.45) is 20.2. The van der Waals surface area contributed by atoms with Gasteiger partial charge in [0.25, 0.3) is 0 Å². The molecule has 0 radical (unpaired) electrons. The molecule has 0 bridgehead atoms. The Morgan fingerprint density at radius 2 is 1.24 bits per heavy atom. The molecule has 0 aliphatic heterocycles. The molecule has 0 spiro atoms. The SMILES string of the molecule is CCCCCCCCCC/C=C\C(CCC(=O)O)C(=O)N(CC(CC)CC)CC(CC)CC. The molecule has 1 atom stereocenters. The van der Waals surface area contributed by atoms with Crippen molar-refractivity contribution < 1.29 is 14.7 Å². The van der Waals surface area contributed by atoms with Crippen LogP contribution < -0.4 is 0 Å². The van der Waals surface area contributed by atoms with E-state index in [1.807, 2.05) is 6.08 Å². The number of carboxylic acid groups (broad SMARTS) is 1. The van der Waals surface area contributed by atoms with Crippen LogP contribution in [-0.2, 0) is 9.59 Å². The van der Waals surface area contributed by atoms with E-state index in [2.05, 4.69) is 45.6 Å². The zero-order valence-corrected chi connectivity index (χ0v) is 22.6. The molecule has 0 rings (SSSR count). The molecule has 1 unspecified atom stereocenters. The first-order valence-electron chi connectivity index (χ1n) is 14.1. The lowest BCUT2D eigenvalue weighted by Gasteiger charge is -2.32. The van der Waals surface area contributed by atoms with Crippen molar-refractivity contribution in [2.75, 3.05) is 13.1 Å². The second-order valence-corrected chi connectivity index (χ2v) is 9.84. The van der Waals surface area contributed by atoms with Crippen LogP contribution in [0.4, 0.5) is 0 Å². The smallest absolute Gasteiger partial charge is 0.303 e. The molecule has 0 aromatic heterocycles. The average molecular weight is 466 g/mol. The molecule has 0 aliphatic rings. The van der Waals surface area contributed by atoms with E-state index in [1.165, 1.54) is 44.9 Å². The number of carboxylic acids is 1. The summed E-state index contributed by atoms with van der Waals surface area (Å²) in [5.74, 6) is -0.00798. The van der Waals surface area contributed by atoms with Gasteiger partial charge in [0.05, 0.1) is 5.92 Å². The molecule has 0 saturated heterocycles. The van der Waals surface area contributed by atoms with Gasteiger partial charge in [-0.1, -0.05) is 117 Å². The van der Waals surface area contributed by atoms with Crippen molar-refractivity contribution in [2.45, 2.75) is 131 Å². The number of carbonyl (C=O) groups excluding carboxylic acids is 1. The quantitative estimate of drug-likeness (QED) is 0.129. The number of allylic oxidation sites excluding steroid dienone is 1. The highest BCUT2D eigenvalue weighted by atomic mass is 16.4. The zero-order chi connectivity index (χ0) is 24.9. The fourth-order valence-corrected chi connectivity index (χ4v) is 4.44. The normalized spacial score (nSPS) is 12.7. The van der Waals surface area contributed by atoms with Crippen LogP contribution >= 0.6 is 0 Å². The summed E-state index contributed by atoms with van der Waals surface area (Å²) in [7, 11) is 0. The minimum atomic E-state index is -0.823. The van der Waals surface area contributed by atoms with Crippen molar-refractivity contribution in [3.05, 3.63) is 12.2 Å². The van der Waals surface area contributed by atoms with E-state index in [4.69, 9.17) is 0 Å². The molecule has 1 N–H and O–H groups in total. The van der Waals surface area contributed by atoms with Gasteiger partial charge in [-0.3, -0.25) is 9.59 Å². The predicted molar refractivity (Wildman–Crippen MR) is 141 cm³/mol. The van der Waals surface area contributed by atoms with Crippen LogP contribution in [0.2, 0.25) is 0 Å². The Morgan fingerprint density at radius 3 is 1.70 bits per heavy atom. The Hall–Kier alpha value is -1.32. The highest BCUT2D eigenvalue weighted by Gasteiger charge is 2.26. The fourth-order valence-electron chi connectivity index (χ4n) is 4.44. The van der Waals surface area contributed by atoms with Crippen LogP contribution in [0.1, 0.15) is 131 Å². The number of rotatable bonds is 22. The van der Waals surface area contributed by atoms with Gasteiger partial charge in [-0.25, -0.2) is 0 Å². The highest BCUT2D eigenvalue weighted by molar-refractivity contribution is 5.81. The number of amides is 1. The maximum Gasteiger partial charge on any atom is 0.303 e. The van der Waals surface area contributed by atoms with Crippen molar-refractivity contribution >= 4 is 11.9 Å². The average Bonchev–Trinajstić information content (AvgIpc) is 2.82. The van der Waals surface area contributed by atoms with E-state index in [9.17, 15) is 14.7 Å². The maximum atomic E-state index is 13.6. The minimum absolute atomic E-state index is 0.0440. The fraction of sp³-hybridized carbons (Fsp3) is 0.862. The van der Waals surface area contributed by atoms with E-state index in [0.29, 0.717) is 18.3 Å². The second kappa shape index (κ2) is 21.2. The van der Waals surface area contributed by atoms with Crippen LogP contribution in [0.5, 0.6) is 0 Å². The van der Waals surface area contributed by atoms with Gasteiger partial charge in [-0.15, -0.1) is 0 Å². The van der Waals surface area contributed by atoms with E-state index in [0.717, 1.165) is 51.6 Å². The first kappa shape index (κ1) is 31.7. The van der Waals surface area contributed by atoms with E-state index in [1.54, 1.807) is 0 Å². The van der Waals surface area contributed by atoms with Gasteiger partial charge in [0.2, 0.25) is 5.91 Å². The van der Waals surface area contributed by atoms with E-state index in [-0.39, 0.29) is 18.2 Å². The lowest BCUT2D eigenvalue weighted by molar-refractivity contribution is -0.138. The Kier molecular flexibility index (Phi) is 20.4. The van der Waals surface area contributed by atoms with E-state index < -0.39 is 5.97 Å². The summed E-state index contributed by atoms with van der Waals surface area (Å²) in [4.78, 5) is 26.9. The maximum absolute atomic E-state index is 13.6. The molecule has 0 saturated carbocycles. The number of aliphatic carboxylic acids is 1. The summed E-state index contributed by atoms with van der Waals surface area (Å²) in [6, 6.07) is 0. The summed E-state index contributed by atoms with van der Waals surface area (Å²) in [5.41, 5.74) is 0. The van der Waals surface area contributed by atoms with Gasteiger partial charge in [0, 0.05) is 19.5 Å². The third kappa shape index (κ3) is 16.0. The van der Waals surface area contributed by atoms with E-state index >= 15 is 0 Å². The summed E-state index contributed by atoms with van der Waals surface area (Å²) >= 11 is 0. The molecule has 0 aromatic carbocycles. The van der Waals surface area contributed by atoms with Gasteiger partial charge in [0.1, 0.15) is 0 Å². The van der Waals surface area contributed by atoms with Gasteiger partial charge in [0.15, 0.2) is 0 Å². The van der Waals surface area contributed by atoms with Crippen LogP contribution in [0.3, 0.4) is 0 Å². The summed E-state index contributed by atoms with van der Waals surface area (Å²) in [6.45, 7) is 12.6. The molecular weight excluding hydrogens is 410 g/mol. The van der Waals surface area contributed by atoms with Gasteiger partial charge >= 0.3 is 5.97 Å². The van der Waals surface area contributed by atoms with Crippen molar-refractivity contribution in [1.29, 1.82) is 0 Å². The van der Waals surface area contributed by atoms with Crippen LogP contribution in [0.15, 0.2) is 12.2 Å². The number of hydrogen-bond donors (Lipinski definition) is 1. The Morgan fingerprint density at radius 1 is 0.758 bits per heavy atom. The lowest BCUT2D eigenvalue weighted by atomic mass is 9.95. The molecule has 4 nitrogen and oxygen atoms in total. The highest BCUT2D eigenvalue weighted by Crippen LogP contribution is 2.21. The number of carbonyl (C=O) groups is 2. The molecule has 0 heterocycles. The standard InChI is InChI=1S/C29H55NO3/c1-6-11-12-13-14-15-16-17-18-19-20-27(21-22-28(31)32)29(33)30(23-25(7-2)8-3)24-26(9-4)10-5/h19-20,25-27H,6-18,21-24H2,1-5H3,(H,31,32)/b20-19-. The molecule has 0 aromatic rings. The minimum Gasteiger partial charge on any atom is -0.481 e. The van der Waals surface area contributed by atoms with Crippen molar-refractivity contribution in [2.24, 2.45) is 17.8 Å². The topological polar surface area (TPSA) is 57.6 Å². The third-order valence-corrected chi connectivity index (χ3v) is 7.16. The van der Waals surface area contributed by atoms with Crippen molar-refractivity contribution in [3.63, 3.8) is 0 Å². The Labute approximate surface area is 205 Å². The summed E-state index contributed by atoms with van der Waals surface area (Å²) in [5, 5.41) is 9.22. The van der Waals surface area contributed by atoms with Crippen LogP contribution in [-0.4, -0.2) is 35.0 Å². The zero-order valence-electron chi connectivity index (χ0n) is 22.6.